The summed E-state index contributed by atoms with van der Waals surface area (Å²) in [7, 11) is 0. The summed E-state index contributed by atoms with van der Waals surface area (Å²) in [5.41, 5.74) is 7.37. The zero-order chi connectivity index (χ0) is 13.2. The van der Waals surface area contributed by atoms with Crippen molar-refractivity contribution in [3.63, 3.8) is 0 Å². The Bertz CT molecular complexity index is 704. The molecule has 0 fully saturated rings. The van der Waals surface area contributed by atoms with Gasteiger partial charge in [-0.3, -0.25) is 0 Å². The number of ether oxygens (including phenoxy) is 1. The maximum atomic E-state index is 9.05. The molecule has 0 radical (unpaired) electrons. The van der Waals surface area contributed by atoms with E-state index in [-0.39, 0.29) is 0 Å². The zero-order valence-corrected chi connectivity index (χ0v) is 10.5. The highest BCUT2D eigenvalue weighted by molar-refractivity contribution is 6.09. The zero-order valence-electron chi connectivity index (χ0n) is 10.5. The van der Waals surface area contributed by atoms with Crippen molar-refractivity contribution >= 4 is 21.8 Å². The summed E-state index contributed by atoms with van der Waals surface area (Å²) in [4.78, 5) is 3.37. The number of para-hydroxylation sites is 2. The molecule has 0 amide bonds. The molecule has 1 atom stereocenters. The number of hydrogen-bond acceptors (Lipinski definition) is 3. The lowest BCUT2D eigenvalue weighted by atomic mass is 10.1. The molecule has 0 spiro atoms. The lowest BCUT2D eigenvalue weighted by Crippen LogP contribution is -2.21. The molecule has 4 N–H and O–H groups in total. The SMILES string of the molecule is NC(O)CCOc1cccc2c1[nH]c1ccccc12. The molecule has 0 saturated carbocycles. The fourth-order valence-corrected chi connectivity index (χ4v) is 2.26. The molecule has 3 aromatic rings. The summed E-state index contributed by atoms with van der Waals surface area (Å²) in [5.74, 6) is 0.786. The molecule has 4 heteroatoms. The largest absolute Gasteiger partial charge is 0.491 e. The molecule has 1 heterocycles. The number of hydrogen-bond donors (Lipinski definition) is 3. The maximum Gasteiger partial charge on any atom is 0.143 e. The molecule has 3 rings (SSSR count). The smallest absolute Gasteiger partial charge is 0.143 e. The van der Waals surface area contributed by atoms with E-state index in [9.17, 15) is 0 Å². The fraction of sp³-hybridized carbons (Fsp3) is 0.200. The van der Waals surface area contributed by atoms with Crippen molar-refractivity contribution in [2.75, 3.05) is 6.61 Å². The van der Waals surface area contributed by atoms with Crippen molar-refractivity contribution in [1.82, 2.24) is 4.98 Å². The maximum absolute atomic E-state index is 9.05. The van der Waals surface area contributed by atoms with Gasteiger partial charge in [0.15, 0.2) is 0 Å². The third-order valence-corrected chi connectivity index (χ3v) is 3.17. The Morgan fingerprint density at radius 2 is 1.89 bits per heavy atom. The Balaban J connectivity index is 2.00. The first-order valence-electron chi connectivity index (χ1n) is 6.31. The number of aliphatic hydroxyl groups is 1. The second-order valence-electron chi connectivity index (χ2n) is 4.55. The monoisotopic (exact) mass is 256 g/mol. The van der Waals surface area contributed by atoms with Gasteiger partial charge in [-0.15, -0.1) is 0 Å². The number of aromatic amines is 1. The lowest BCUT2D eigenvalue weighted by Gasteiger charge is -2.08. The molecule has 0 bridgehead atoms. The van der Waals surface area contributed by atoms with Crippen LogP contribution in [0.3, 0.4) is 0 Å². The van der Waals surface area contributed by atoms with E-state index in [4.69, 9.17) is 15.6 Å². The van der Waals surface area contributed by atoms with E-state index in [2.05, 4.69) is 17.1 Å². The van der Waals surface area contributed by atoms with Gasteiger partial charge in [0, 0.05) is 22.7 Å². The number of benzene rings is 2. The van der Waals surface area contributed by atoms with Gasteiger partial charge in [-0.05, 0) is 12.1 Å². The number of fused-ring (bicyclic) bond motifs is 3. The van der Waals surface area contributed by atoms with Gasteiger partial charge in [-0.2, -0.15) is 0 Å². The number of nitrogens with two attached hydrogens (primary N) is 1. The van der Waals surface area contributed by atoms with Crippen molar-refractivity contribution in [2.24, 2.45) is 5.73 Å². The van der Waals surface area contributed by atoms with E-state index in [0.717, 1.165) is 22.2 Å². The van der Waals surface area contributed by atoms with Crippen LogP contribution in [0, 0.1) is 0 Å². The average Bonchev–Trinajstić information content (AvgIpc) is 2.78. The van der Waals surface area contributed by atoms with Crippen LogP contribution in [0.5, 0.6) is 5.75 Å². The van der Waals surface area contributed by atoms with Gasteiger partial charge >= 0.3 is 0 Å². The van der Waals surface area contributed by atoms with E-state index in [1.54, 1.807) is 0 Å². The van der Waals surface area contributed by atoms with Crippen LogP contribution in [-0.2, 0) is 0 Å². The Morgan fingerprint density at radius 3 is 2.74 bits per heavy atom. The van der Waals surface area contributed by atoms with Gasteiger partial charge in [-0.25, -0.2) is 0 Å². The summed E-state index contributed by atoms with van der Waals surface area (Å²) < 4.78 is 5.69. The molecule has 4 nitrogen and oxygen atoms in total. The summed E-state index contributed by atoms with van der Waals surface area (Å²) >= 11 is 0. The summed E-state index contributed by atoms with van der Waals surface area (Å²) in [6.07, 6.45) is -0.418. The quantitative estimate of drug-likeness (QED) is 0.627. The lowest BCUT2D eigenvalue weighted by molar-refractivity contribution is 0.146. The van der Waals surface area contributed by atoms with Crippen molar-refractivity contribution in [1.29, 1.82) is 0 Å². The van der Waals surface area contributed by atoms with Crippen LogP contribution in [0.2, 0.25) is 0 Å². The number of H-pyrrole nitrogens is 1. The molecular weight excluding hydrogens is 240 g/mol. The molecule has 0 aliphatic carbocycles. The topological polar surface area (TPSA) is 71.3 Å². The van der Waals surface area contributed by atoms with Crippen molar-refractivity contribution in [3.8, 4) is 5.75 Å². The van der Waals surface area contributed by atoms with Gasteiger partial charge in [0.25, 0.3) is 0 Å². The third-order valence-electron chi connectivity index (χ3n) is 3.17. The normalized spacial score (nSPS) is 12.9. The Hall–Kier alpha value is -2.04. The first-order valence-corrected chi connectivity index (χ1v) is 6.31. The van der Waals surface area contributed by atoms with E-state index in [0.29, 0.717) is 13.0 Å². The minimum Gasteiger partial charge on any atom is -0.491 e. The highest BCUT2D eigenvalue weighted by atomic mass is 16.5. The molecule has 1 aromatic heterocycles. The predicted molar refractivity (Wildman–Crippen MR) is 76.1 cm³/mol. The average molecular weight is 256 g/mol. The van der Waals surface area contributed by atoms with Crippen molar-refractivity contribution < 1.29 is 9.84 Å². The summed E-state index contributed by atoms with van der Waals surface area (Å²) in [6, 6.07) is 14.1. The van der Waals surface area contributed by atoms with E-state index in [1.165, 1.54) is 5.39 Å². The van der Waals surface area contributed by atoms with Gasteiger partial charge in [-0.1, -0.05) is 30.3 Å². The molecule has 2 aromatic carbocycles. The van der Waals surface area contributed by atoms with Gasteiger partial charge < -0.3 is 20.6 Å². The van der Waals surface area contributed by atoms with Gasteiger partial charge in [0.2, 0.25) is 0 Å². The number of aromatic nitrogens is 1. The van der Waals surface area contributed by atoms with Crippen LogP contribution in [-0.4, -0.2) is 22.9 Å². The Morgan fingerprint density at radius 1 is 1.11 bits per heavy atom. The van der Waals surface area contributed by atoms with Gasteiger partial charge in [0.05, 0.1) is 12.1 Å². The second kappa shape index (κ2) is 4.91. The first-order chi connectivity index (χ1) is 9.25. The minimum atomic E-state index is -0.832. The predicted octanol–water partition coefficient (Wildman–Crippen LogP) is 2.37. The molecule has 98 valence electrons. The molecule has 19 heavy (non-hydrogen) atoms. The van der Waals surface area contributed by atoms with Gasteiger partial charge in [0.1, 0.15) is 12.0 Å². The number of nitrogens with one attached hydrogen (secondary N) is 1. The van der Waals surface area contributed by atoms with E-state index >= 15 is 0 Å². The number of rotatable bonds is 4. The number of aliphatic hydroxyl groups excluding tert-OH is 1. The molecule has 0 aliphatic heterocycles. The second-order valence-corrected chi connectivity index (χ2v) is 4.55. The Kier molecular flexibility index (Phi) is 3.11. The van der Waals surface area contributed by atoms with E-state index in [1.807, 2.05) is 30.3 Å². The van der Waals surface area contributed by atoms with Crippen LogP contribution in [0.4, 0.5) is 0 Å². The first kappa shape index (κ1) is 12.0. The highest BCUT2D eigenvalue weighted by Crippen LogP contribution is 2.31. The van der Waals surface area contributed by atoms with Crippen LogP contribution in [0.15, 0.2) is 42.5 Å². The summed E-state index contributed by atoms with van der Waals surface area (Å²) in [5, 5.41) is 11.4. The van der Waals surface area contributed by atoms with Crippen LogP contribution in [0.1, 0.15) is 6.42 Å². The Labute approximate surface area is 110 Å². The molecule has 1 unspecified atom stereocenters. The molecule has 0 saturated heterocycles. The van der Waals surface area contributed by atoms with E-state index < -0.39 is 6.23 Å². The molecule has 0 aliphatic rings. The standard InChI is InChI=1S/C15H16N2O2/c16-14(18)8-9-19-13-7-3-5-11-10-4-1-2-6-12(10)17-15(11)13/h1-7,14,17-18H,8-9,16H2. The minimum absolute atomic E-state index is 0.395. The van der Waals surface area contributed by atoms with Crippen LogP contribution in [0.25, 0.3) is 21.8 Å². The van der Waals surface area contributed by atoms with Crippen LogP contribution < -0.4 is 10.5 Å². The van der Waals surface area contributed by atoms with Crippen LogP contribution >= 0.6 is 0 Å². The third kappa shape index (κ3) is 2.28. The highest BCUT2D eigenvalue weighted by Gasteiger charge is 2.08. The van der Waals surface area contributed by atoms with Crippen molar-refractivity contribution in [2.45, 2.75) is 12.6 Å². The summed E-state index contributed by atoms with van der Waals surface area (Å²) in [6.45, 7) is 0.395. The fourth-order valence-electron chi connectivity index (χ4n) is 2.26. The van der Waals surface area contributed by atoms with Crippen molar-refractivity contribution in [3.05, 3.63) is 42.5 Å². The molecular formula is C15H16N2O2.